The van der Waals surface area contributed by atoms with Gasteiger partial charge in [0.2, 0.25) is 10.0 Å². The van der Waals surface area contributed by atoms with E-state index in [0.717, 1.165) is 25.9 Å². The maximum Gasteiger partial charge on any atom is 0.211 e. The Morgan fingerprint density at radius 3 is 2.76 bits per heavy atom. The summed E-state index contributed by atoms with van der Waals surface area (Å²) in [7, 11) is -3.00. The van der Waals surface area contributed by atoms with E-state index in [1.807, 2.05) is 0 Å². The smallest absolute Gasteiger partial charge is 0.211 e. The molecule has 100 valence electrons. The van der Waals surface area contributed by atoms with Crippen LogP contribution in [-0.2, 0) is 10.0 Å². The number of sulfonamides is 1. The summed E-state index contributed by atoms with van der Waals surface area (Å²) in [5.41, 5.74) is 0.241. The zero-order chi connectivity index (χ0) is 12.5. The lowest BCUT2D eigenvalue weighted by atomic mass is 9.84. The molecular formula is C12H24N2O2S. The lowest BCUT2D eigenvalue weighted by Gasteiger charge is -2.36. The van der Waals surface area contributed by atoms with E-state index in [1.165, 1.54) is 25.5 Å². The maximum atomic E-state index is 11.6. The second kappa shape index (κ2) is 4.86. The molecule has 2 fully saturated rings. The Hall–Kier alpha value is -0.130. The van der Waals surface area contributed by atoms with E-state index >= 15 is 0 Å². The van der Waals surface area contributed by atoms with Crippen LogP contribution in [0.15, 0.2) is 0 Å². The van der Waals surface area contributed by atoms with Crippen LogP contribution in [0.4, 0.5) is 0 Å². The quantitative estimate of drug-likeness (QED) is 0.829. The zero-order valence-corrected chi connectivity index (χ0v) is 11.7. The van der Waals surface area contributed by atoms with Crippen molar-refractivity contribution in [1.29, 1.82) is 0 Å². The van der Waals surface area contributed by atoms with Gasteiger partial charge in [-0.05, 0) is 51.5 Å². The Morgan fingerprint density at radius 2 is 2.18 bits per heavy atom. The summed E-state index contributed by atoms with van der Waals surface area (Å²) in [5, 5.41) is 3.57. The second-order valence-corrected chi connectivity index (χ2v) is 7.91. The van der Waals surface area contributed by atoms with Crippen molar-refractivity contribution in [3.63, 3.8) is 0 Å². The molecule has 4 nitrogen and oxygen atoms in total. The third kappa shape index (κ3) is 3.42. The fourth-order valence-electron chi connectivity index (χ4n) is 3.26. The minimum Gasteiger partial charge on any atom is -0.312 e. The number of hydrogen-bond donors (Lipinski definition) is 1. The summed E-state index contributed by atoms with van der Waals surface area (Å²) >= 11 is 0. The van der Waals surface area contributed by atoms with Crippen LogP contribution in [0.1, 0.15) is 39.0 Å². The van der Waals surface area contributed by atoms with Gasteiger partial charge in [0.05, 0.1) is 6.26 Å². The number of hydrogen-bond acceptors (Lipinski definition) is 3. The predicted molar refractivity (Wildman–Crippen MR) is 69.4 cm³/mol. The van der Waals surface area contributed by atoms with Crippen LogP contribution in [0.5, 0.6) is 0 Å². The first-order chi connectivity index (χ1) is 7.89. The van der Waals surface area contributed by atoms with Crippen molar-refractivity contribution in [3.05, 3.63) is 0 Å². The molecule has 2 atom stereocenters. The summed E-state index contributed by atoms with van der Waals surface area (Å²) < 4.78 is 24.8. The molecule has 5 heteroatoms. The van der Waals surface area contributed by atoms with E-state index < -0.39 is 10.0 Å². The molecule has 0 aromatic carbocycles. The van der Waals surface area contributed by atoms with Crippen LogP contribution in [0.25, 0.3) is 0 Å². The molecule has 0 radical (unpaired) electrons. The van der Waals surface area contributed by atoms with E-state index in [4.69, 9.17) is 0 Å². The minimum absolute atomic E-state index is 0.241. The molecular weight excluding hydrogens is 236 g/mol. The summed E-state index contributed by atoms with van der Waals surface area (Å²) in [6, 6.07) is 0. The van der Waals surface area contributed by atoms with Gasteiger partial charge in [-0.3, -0.25) is 0 Å². The van der Waals surface area contributed by atoms with Crippen LogP contribution in [0.2, 0.25) is 0 Å². The molecule has 2 saturated heterocycles. The molecule has 0 saturated carbocycles. The van der Waals surface area contributed by atoms with Crippen molar-refractivity contribution in [2.45, 2.75) is 44.6 Å². The van der Waals surface area contributed by atoms with Crippen molar-refractivity contribution >= 4 is 10.0 Å². The zero-order valence-electron chi connectivity index (χ0n) is 10.9. The third-order valence-electron chi connectivity index (χ3n) is 4.15. The van der Waals surface area contributed by atoms with Gasteiger partial charge >= 0.3 is 0 Å². The summed E-state index contributed by atoms with van der Waals surface area (Å²) in [6.45, 7) is 4.81. The Bertz CT molecular complexity index is 361. The topological polar surface area (TPSA) is 49.4 Å². The van der Waals surface area contributed by atoms with Crippen LogP contribution >= 0.6 is 0 Å². The van der Waals surface area contributed by atoms with Crippen LogP contribution in [-0.4, -0.2) is 44.2 Å². The Labute approximate surface area is 105 Å². The monoisotopic (exact) mass is 260 g/mol. The Morgan fingerprint density at radius 1 is 1.41 bits per heavy atom. The van der Waals surface area contributed by atoms with Gasteiger partial charge < -0.3 is 5.32 Å². The first-order valence-electron chi connectivity index (χ1n) is 6.59. The molecule has 1 N–H and O–H groups in total. The maximum absolute atomic E-state index is 11.6. The third-order valence-corrected chi connectivity index (χ3v) is 5.42. The molecule has 2 rings (SSSR count). The highest BCUT2D eigenvalue weighted by Crippen LogP contribution is 2.31. The van der Waals surface area contributed by atoms with Gasteiger partial charge in [-0.15, -0.1) is 0 Å². The van der Waals surface area contributed by atoms with Gasteiger partial charge in [0.1, 0.15) is 0 Å². The van der Waals surface area contributed by atoms with Gasteiger partial charge in [-0.25, -0.2) is 12.7 Å². The fraction of sp³-hybridized carbons (Fsp3) is 1.00. The lowest BCUT2D eigenvalue weighted by molar-refractivity contribution is 0.211. The average Bonchev–Trinajstić information content (AvgIpc) is 2.64. The SMILES string of the molecule is CC1(CC2CCCN(S(C)(=O)=O)C2)CCCN1. The largest absolute Gasteiger partial charge is 0.312 e. The molecule has 0 spiro atoms. The standard InChI is InChI=1S/C12H24N2O2S/c1-12(6-4-7-13-12)9-11-5-3-8-14(10-11)17(2,15)16/h11,13H,3-10H2,1-2H3. The van der Waals surface area contributed by atoms with Crippen molar-refractivity contribution in [3.8, 4) is 0 Å². The van der Waals surface area contributed by atoms with Gasteiger partial charge in [0, 0.05) is 18.6 Å². The molecule has 0 aromatic rings. The van der Waals surface area contributed by atoms with E-state index in [9.17, 15) is 8.42 Å². The minimum atomic E-state index is -3.00. The number of piperidine rings is 1. The van der Waals surface area contributed by atoms with Gasteiger partial charge in [0.25, 0.3) is 0 Å². The summed E-state index contributed by atoms with van der Waals surface area (Å²) in [5.74, 6) is 0.522. The van der Waals surface area contributed by atoms with Crippen molar-refractivity contribution in [2.75, 3.05) is 25.9 Å². The Balaban J connectivity index is 1.94. The van der Waals surface area contributed by atoms with Gasteiger partial charge in [-0.1, -0.05) is 0 Å². The molecule has 2 aliphatic heterocycles. The molecule has 0 aromatic heterocycles. The first-order valence-corrected chi connectivity index (χ1v) is 8.44. The van der Waals surface area contributed by atoms with E-state index in [-0.39, 0.29) is 5.54 Å². The second-order valence-electron chi connectivity index (χ2n) is 5.92. The highest BCUT2D eigenvalue weighted by atomic mass is 32.2. The van der Waals surface area contributed by atoms with Crippen molar-refractivity contribution in [1.82, 2.24) is 9.62 Å². The normalized spacial score (nSPS) is 36.2. The molecule has 0 aliphatic carbocycles. The molecule has 0 bridgehead atoms. The van der Waals surface area contributed by atoms with E-state index in [1.54, 1.807) is 4.31 Å². The van der Waals surface area contributed by atoms with Gasteiger partial charge in [0.15, 0.2) is 0 Å². The van der Waals surface area contributed by atoms with E-state index in [2.05, 4.69) is 12.2 Å². The average molecular weight is 260 g/mol. The van der Waals surface area contributed by atoms with Crippen molar-refractivity contribution < 1.29 is 8.42 Å². The van der Waals surface area contributed by atoms with Crippen LogP contribution in [0.3, 0.4) is 0 Å². The summed E-state index contributed by atoms with van der Waals surface area (Å²) in [6.07, 6.45) is 7.09. The van der Waals surface area contributed by atoms with Crippen LogP contribution in [0, 0.1) is 5.92 Å². The molecule has 17 heavy (non-hydrogen) atoms. The molecule has 2 unspecified atom stereocenters. The first kappa shape index (κ1) is 13.3. The lowest BCUT2D eigenvalue weighted by Crippen LogP contribution is -2.44. The number of rotatable bonds is 3. The Kier molecular flexibility index (Phi) is 3.80. The molecule has 2 aliphatic rings. The van der Waals surface area contributed by atoms with Crippen molar-refractivity contribution in [2.24, 2.45) is 5.92 Å². The molecule has 2 heterocycles. The fourth-order valence-corrected chi connectivity index (χ4v) is 4.21. The molecule has 0 amide bonds. The number of nitrogens with zero attached hydrogens (tertiary/aromatic N) is 1. The summed E-state index contributed by atoms with van der Waals surface area (Å²) in [4.78, 5) is 0. The highest BCUT2D eigenvalue weighted by Gasteiger charge is 2.34. The van der Waals surface area contributed by atoms with Crippen LogP contribution < -0.4 is 5.32 Å². The predicted octanol–water partition coefficient (Wildman–Crippen LogP) is 1.19. The van der Waals surface area contributed by atoms with Gasteiger partial charge in [-0.2, -0.15) is 0 Å². The highest BCUT2D eigenvalue weighted by molar-refractivity contribution is 7.88. The number of nitrogens with one attached hydrogen (secondary N) is 1. The van der Waals surface area contributed by atoms with E-state index in [0.29, 0.717) is 12.5 Å².